The molecule has 0 aliphatic rings. The molecule has 1 amide bonds. The molecule has 0 aromatic heterocycles. The van der Waals surface area contributed by atoms with Gasteiger partial charge in [-0.3, -0.25) is 4.79 Å². The summed E-state index contributed by atoms with van der Waals surface area (Å²) in [7, 11) is 1.51. The number of hydrogen-bond acceptors (Lipinski definition) is 4. The van der Waals surface area contributed by atoms with Gasteiger partial charge in [0.1, 0.15) is 12.3 Å². The van der Waals surface area contributed by atoms with E-state index in [1.54, 1.807) is 66.0 Å². The summed E-state index contributed by atoms with van der Waals surface area (Å²) in [6.45, 7) is -2.31. The van der Waals surface area contributed by atoms with Crippen LogP contribution in [0.15, 0.2) is 54.6 Å². The molecular weight excluding hydrogens is 375 g/mol. The molecule has 0 aliphatic carbocycles. The Bertz CT molecular complexity index is 848. The summed E-state index contributed by atoms with van der Waals surface area (Å²) in [6.07, 6.45) is -2.99. The zero-order chi connectivity index (χ0) is 20.6. The number of halogens is 3. The van der Waals surface area contributed by atoms with Crippen molar-refractivity contribution in [2.45, 2.75) is 6.18 Å². The maximum atomic E-state index is 12.5. The van der Waals surface area contributed by atoms with Gasteiger partial charge in [-0.2, -0.15) is 13.2 Å². The summed E-state index contributed by atoms with van der Waals surface area (Å²) >= 11 is 0. The number of benzene rings is 2. The summed E-state index contributed by atoms with van der Waals surface area (Å²) < 4.78 is 46.4. The predicted octanol–water partition coefficient (Wildman–Crippen LogP) is 3.46. The SMILES string of the molecule is COc1cccc(C=C(C(=O)OCC(=O)NCC(F)(F)F)c2ccccc2)c1. The normalized spacial score (nSPS) is 11.6. The van der Waals surface area contributed by atoms with E-state index in [0.29, 0.717) is 16.9 Å². The van der Waals surface area contributed by atoms with E-state index in [1.165, 1.54) is 7.11 Å². The van der Waals surface area contributed by atoms with E-state index >= 15 is 0 Å². The summed E-state index contributed by atoms with van der Waals surface area (Å²) in [4.78, 5) is 24.0. The second-order valence-electron chi connectivity index (χ2n) is 5.67. The molecule has 2 rings (SSSR count). The van der Waals surface area contributed by atoms with Gasteiger partial charge in [-0.15, -0.1) is 0 Å². The van der Waals surface area contributed by atoms with E-state index in [9.17, 15) is 22.8 Å². The molecule has 28 heavy (non-hydrogen) atoms. The molecule has 0 spiro atoms. The van der Waals surface area contributed by atoms with Gasteiger partial charge < -0.3 is 14.8 Å². The molecular formula is C20H18F3NO4. The summed E-state index contributed by atoms with van der Waals surface area (Å²) in [5.41, 5.74) is 1.33. The molecule has 0 aliphatic heterocycles. The van der Waals surface area contributed by atoms with E-state index in [2.05, 4.69) is 0 Å². The quantitative estimate of drug-likeness (QED) is 0.445. The van der Waals surface area contributed by atoms with Gasteiger partial charge >= 0.3 is 12.1 Å². The number of nitrogens with one attached hydrogen (secondary N) is 1. The average Bonchev–Trinajstić information content (AvgIpc) is 2.69. The van der Waals surface area contributed by atoms with Crippen molar-refractivity contribution < 1.29 is 32.2 Å². The lowest BCUT2D eigenvalue weighted by Crippen LogP contribution is -2.36. The number of carbonyl (C=O) groups is 2. The zero-order valence-corrected chi connectivity index (χ0v) is 15.0. The van der Waals surface area contributed by atoms with Crippen LogP contribution < -0.4 is 10.1 Å². The number of rotatable bonds is 7. The molecule has 5 nitrogen and oxygen atoms in total. The van der Waals surface area contributed by atoms with Crippen molar-refractivity contribution in [3.8, 4) is 5.75 Å². The van der Waals surface area contributed by atoms with Crippen LogP contribution in [0.1, 0.15) is 11.1 Å². The maximum absolute atomic E-state index is 12.5. The Labute approximate surface area is 159 Å². The first-order valence-corrected chi connectivity index (χ1v) is 8.20. The highest BCUT2D eigenvalue weighted by Crippen LogP contribution is 2.22. The Morgan fingerprint density at radius 3 is 2.43 bits per heavy atom. The third-order valence-electron chi connectivity index (χ3n) is 3.53. The Hall–Kier alpha value is -3.29. The van der Waals surface area contributed by atoms with Crippen LogP contribution in [-0.4, -0.2) is 38.3 Å². The standard InChI is InChI=1S/C20H18F3NO4/c1-27-16-9-5-6-14(10-16)11-17(15-7-3-2-4-8-15)19(26)28-12-18(25)24-13-20(21,22)23/h2-11H,12-13H2,1H3,(H,24,25). The van der Waals surface area contributed by atoms with Gasteiger partial charge in [0.15, 0.2) is 6.61 Å². The van der Waals surface area contributed by atoms with E-state index in [4.69, 9.17) is 9.47 Å². The van der Waals surface area contributed by atoms with E-state index in [1.807, 2.05) is 0 Å². The summed E-state index contributed by atoms with van der Waals surface area (Å²) in [6, 6.07) is 15.5. The first-order chi connectivity index (χ1) is 13.3. The fraction of sp³-hybridized carbons (Fsp3) is 0.200. The summed E-state index contributed by atoms with van der Waals surface area (Å²) in [5.74, 6) is -1.29. The van der Waals surface area contributed by atoms with Crippen LogP contribution >= 0.6 is 0 Å². The molecule has 8 heteroatoms. The molecule has 0 radical (unpaired) electrons. The van der Waals surface area contributed by atoms with Crippen molar-refractivity contribution >= 4 is 23.5 Å². The highest BCUT2D eigenvalue weighted by atomic mass is 19.4. The smallest absolute Gasteiger partial charge is 0.405 e. The molecule has 0 bridgehead atoms. The van der Waals surface area contributed by atoms with Crippen molar-refractivity contribution in [3.05, 3.63) is 65.7 Å². The average molecular weight is 393 g/mol. The topological polar surface area (TPSA) is 64.6 Å². The monoisotopic (exact) mass is 393 g/mol. The van der Waals surface area contributed by atoms with Crippen LogP contribution in [0.3, 0.4) is 0 Å². The molecule has 2 aromatic carbocycles. The lowest BCUT2D eigenvalue weighted by Gasteiger charge is -2.11. The molecule has 0 atom stereocenters. The Morgan fingerprint density at radius 1 is 1.07 bits per heavy atom. The lowest BCUT2D eigenvalue weighted by molar-refractivity contribution is -0.147. The van der Waals surface area contributed by atoms with Crippen molar-refractivity contribution in [3.63, 3.8) is 0 Å². The number of alkyl halides is 3. The van der Waals surface area contributed by atoms with Crippen LogP contribution in [0, 0.1) is 0 Å². The van der Waals surface area contributed by atoms with Gasteiger partial charge in [0.25, 0.3) is 5.91 Å². The van der Waals surface area contributed by atoms with Crippen LogP contribution in [0.25, 0.3) is 11.6 Å². The Balaban J connectivity index is 2.17. The largest absolute Gasteiger partial charge is 0.497 e. The Kier molecular flexibility index (Phi) is 7.20. The predicted molar refractivity (Wildman–Crippen MR) is 97.3 cm³/mol. The van der Waals surface area contributed by atoms with Crippen molar-refractivity contribution in [2.75, 3.05) is 20.3 Å². The van der Waals surface area contributed by atoms with Crippen LogP contribution in [0.2, 0.25) is 0 Å². The van der Waals surface area contributed by atoms with Crippen molar-refractivity contribution in [2.24, 2.45) is 0 Å². The fourth-order valence-corrected chi connectivity index (χ4v) is 2.23. The zero-order valence-electron chi connectivity index (χ0n) is 15.0. The molecule has 2 aromatic rings. The fourth-order valence-electron chi connectivity index (χ4n) is 2.23. The second-order valence-corrected chi connectivity index (χ2v) is 5.67. The number of hydrogen-bond donors (Lipinski definition) is 1. The minimum Gasteiger partial charge on any atom is -0.497 e. The first-order valence-electron chi connectivity index (χ1n) is 8.20. The van der Waals surface area contributed by atoms with E-state index in [0.717, 1.165) is 0 Å². The molecule has 0 heterocycles. The highest BCUT2D eigenvalue weighted by Gasteiger charge is 2.28. The number of esters is 1. The molecule has 0 unspecified atom stereocenters. The summed E-state index contributed by atoms with van der Waals surface area (Å²) in [5, 5.41) is 1.64. The highest BCUT2D eigenvalue weighted by molar-refractivity contribution is 6.21. The molecule has 0 fully saturated rings. The van der Waals surface area contributed by atoms with Gasteiger partial charge in [-0.25, -0.2) is 4.79 Å². The van der Waals surface area contributed by atoms with Crippen LogP contribution in [0.5, 0.6) is 5.75 Å². The van der Waals surface area contributed by atoms with Crippen molar-refractivity contribution in [1.82, 2.24) is 5.32 Å². The van der Waals surface area contributed by atoms with Gasteiger partial charge in [-0.1, -0.05) is 42.5 Å². The third-order valence-corrected chi connectivity index (χ3v) is 3.53. The minimum absolute atomic E-state index is 0.150. The van der Waals surface area contributed by atoms with Gasteiger partial charge in [0, 0.05) is 0 Å². The first kappa shape index (κ1) is 21.0. The number of methoxy groups -OCH3 is 1. The van der Waals surface area contributed by atoms with E-state index in [-0.39, 0.29) is 5.57 Å². The van der Waals surface area contributed by atoms with Gasteiger partial charge in [0.2, 0.25) is 0 Å². The third kappa shape index (κ3) is 6.79. The number of ether oxygens (including phenoxy) is 2. The van der Waals surface area contributed by atoms with E-state index < -0.39 is 31.2 Å². The molecule has 148 valence electrons. The van der Waals surface area contributed by atoms with Crippen molar-refractivity contribution in [1.29, 1.82) is 0 Å². The number of carbonyl (C=O) groups excluding carboxylic acids is 2. The molecule has 0 saturated heterocycles. The second kappa shape index (κ2) is 9.59. The van der Waals surface area contributed by atoms with Crippen LogP contribution in [-0.2, 0) is 14.3 Å². The molecule has 0 saturated carbocycles. The minimum atomic E-state index is -4.54. The lowest BCUT2D eigenvalue weighted by atomic mass is 10.0. The Morgan fingerprint density at radius 2 is 1.79 bits per heavy atom. The molecule has 1 N–H and O–H groups in total. The van der Waals surface area contributed by atoms with Crippen LogP contribution in [0.4, 0.5) is 13.2 Å². The number of amides is 1. The van der Waals surface area contributed by atoms with Gasteiger partial charge in [0.05, 0.1) is 12.7 Å². The van der Waals surface area contributed by atoms with Gasteiger partial charge in [-0.05, 0) is 29.3 Å². The maximum Gasteiger partial charge on any atom is 0.405 e.